The van der Waals surface area contributed by atoms with Crippen molar-refractivity contribution in [2.75, 3.05) is 52.4 Å². The number of nitrogens with one attached hydrogen (secondary N) is 1. The number of halogens is 1. The van der Waals surface area contributed by atoms with Gasteiger partial charge in [-0.1, -0.05) is 0 Å². The maximum absolute atomic E-state index is 5.68. The van der Waals surface area contributed by atoms with Gasteiger partial charge < -0.3 is 19.9 Å². The fraction of sp³-hybridized carbons (Fsp3) is 0.684. The Morgan fingerprint density at radius 3 is 2.92 bits per heavy atom. The van der Waals surface area contributed by atoms with Gasteiger partial charge in [0.1, 0.15) is 12.4 Å². The number of aliphatic imine (C=N–C) groups is 1. The highest BCUT2D eigenvalue weighted by Gasteiger charge is 2.27. The quantitative estimate of drug-likeness (QED) is 0.286. The Morgan fingerprint density at radius 1 is 1.35 bits per heavy atom. The van der Waals surface area contributed by atoms with Crippen molar-refractivity contribution in [1.29, 1.82) is 0 Å². The molecule has 2 aliphatic rings. The third-order valence-corrected chi connectivity index (χ3v) is 4.89. The monoisotopic (exact) mass is 473 g/mol. The molecule has 0 spiro atoms. The van der Waals surface area contributed by atoms with E-state index in [1.807, 2.05) is 12.1 Å². The van der Waals surface area contributed by atoms with E-state index in [0.29, 0.717) is 13.2 Å². The number of nitrogens with zero attached hydrogens (tertiary/aromatic N) is 4. The highest BCUT2D eigenvalue weighted by molar-refractivity contribution is 14.0. The standard InChI is InChI=1S/C19H31N5O.HI/c1-2-21-19(22-9-13-25-18-6-5-8-20-14-18)24-12-7-17(16-24)15-23-10-3-4-11-23;/h5-6,8,14,17H,2-4,7,9-13,15-16H2,1H3,(H,21,22);1H. The lowest BCUT2D eigenvalue weighted by molar-refractivity contribution is 0.281. The van der Waals surface area contributed by atoms with E-state index in [1.165, 1.54) is 38.9 Å². The second kappa shape index (κ2) is 11.6. The second-order valence-corrected chi connectivity index (χ2v) is 6.88. The zero-order valence-corrected chi connectivity index (χ0v) is 18.1. The summed E-state index contributed by atoms with van der Waals surface area (Å²) in [5.41, 5.74) is 0. The summed E-state index contributed by atoms with van der Waals surface area (Å²) in [6.07, 6.45) is 7.50. The van der Waals surface area contributed by atoms with Crippen molar-refractivity contribution in [2.45, 2.75) is 26.2 Å². The van der Waals surface area contributed by atoms with Gasteiger partial charge in [-0.25, -0.2) is 4.99 Å². The van der Waals surface area contributed by atoms with E-state index >= 15 is 0 Å². The van der Waals surface area contributed by atoms with Crippen LogP contribution in [0.4, 0.5) is 0 Å². The third kappa shape index (κ3) is 6.57. The minimum atomic E-state index is 0. The Labute approximate surface area is 174 Å². The van der Waals surface area contributed by atoms with E-state index in [1.54, 1.807) is 12.4 Å². The molecule has 146 valence electrons. The van der Waals surface area contributed by atoms with E-state index in [4.69, 9.17) is 9.73 Å². The van der Waals surface area contributed by atoms with Crippen molar-refractivity contribution in [3.05, 3.63) is 24.5 Å². The SMILES string of the molecule is CCNC(=NCCOc1cccnc1)N1CCC(CN2CCCC2)C1.I. The van der Waals surface area contributed by atoms with Crippen molar-refractivity contribution in [2.24, 2.45) is 10.9 Å². The van der Waals surface area contributed by atoms with Crippen LogP contribution >= 0.6 is 24.0 Å². The van der Waals surface area contributed by atoms with Crippen LogP contribution in [0.3, 0.4) is 0 Å². The number of rotatable bonds is 7. The first-order chi connectivity index (χ1) is 12.3. The summed E-state index contributed by atoms with van der Waals surface area (Å²) >= 11 is 0. The van der Waals surface area contributed by atoms with E-state index in [-0.39, 0.29) is 24.0 Å². The van der Waals surface area contributed by atoms with Crippen molar-refractivity contribution >= 4 is 29.9 Å². The van der Waals surface area contributed by atoms with Crippen LogP contribution in [0.2, 0.25) is 0 Å². The average Bonchev–Trinajstić information content (AvgIpc) is 3.31. The number of guanidine groups is 1. The maximum atomic E-state index is 5.68. The number of hydrogen-bond acceptors (Lipinski definition) is 4. The smallest absolute Gasteiger partial charge is 0.194 e. The van der Waals surface area contributed by atoms with Gasteiger partial charge in [-0.05, 0) is 57.3 Å². The van der Waals surface area contributed by atoms with Crippen molar-refractivity contribution in [1.82, 2.24) is 20.1 Å². The molecule has 0 aromatic carbocycles. The Bertz CT molecular complexity index is 536. The molecule has 0 amide bonds. The number of pyridine rings is 1. The molecule has 26 heavy (non-hydrogen) atoms. The van der Waals surface area contributed by atoms with Gasteiger partial charge in [0.2, 0.25) is 0 Å². The van der Waals surface area contributed by atoms with Gasteiger partial charge in [0.15, 0.2) is 5.96 Å². The summed E-state index contributed by atoms with van der Waals surface area (Å²) in [5.74, 6) is 2.60. The Morgan fingerprint density at radius 2 is 2.19 bits per heavy atom. The van der Waals surface area contributed by atoms with E-state index < -0.39 is 0 Å². The predicted molar refractivity (Wildman–Crippen MR) is 116 cm³/mol. The number of hydrogen-bond donors (Lipinski definition) is 1. The average molecular weight is 473 g/mol. The van der Waals surface area contributed by atoms with Crippen molar-refractivity contribution in [3.8, 4) is 5.75 Å². The third-order valence-electron chi connectivity index (χ3n) is 4.89. The molecule has 2 fully saturated rings. The first-order valence-electron chi connectivity index (χ1n) is 9.63. The fourth-order valence-corrected chi connectivity index (χ4v) is 3.68. The molecule has 0 bridgehead atoms. The molecule has 0 aliphatic carbocycles. The molecule has 2 aliphatic heterocycles. The molecule has 3 rings (SSSR count). The molecule has 0 radical (unpaired) electrons. The minimum Gasteiger partial charge on any atom is -0.490 e. The number of ether oxygens (including phenoxy) is 1. The summed E-state index contributed by atoms with van der Waals surface area (Å²) in [6, 6.07) is 3.80. The molecular formula is C19H32IN5O. The lowest BCUT2D eigenvalue weighted by Gasteiger charge is -2.23. The summed E-state index contributed by atoms with van der Waals surface area (Å²) < 4.78 is 5.68. The lowest BCUT2D eigenvalue weighted by Crippen LogP contribution is -2.41. The Balaban J connectivity index is 0.00000243. The largest absolute Gasteiger partial charge is 0.490 e. The zero-order chi connectivity index (χ0) is 17.3. The van der Waals surface area contributed by atoms with Crippen molar-refractivity contribution < 1.29 is 4.74 Å². The maximum Gasteiger partial charge on any atom is 0.194 e. The minimum absolute atomic E-state index is 0. The molecule has 1 atom stereocenters. The van der Waals surface area contributed by atoms with Gasteiger partial charge in [0.05, 0.1) is 12.7 Å². The summed E-state index contributed by atoms with van der Waals surface area (Å²) in [5, 5.41) is 3.43. The van der Waals surface area contributed by atoms with Crippen LogP contribution in [0.25, 0.3) is 0 Å². The zero-order valence-electron chi connectivity index (χ0n) is 15.8. The number of likely N-dealkylation sites (tertiary alicyclic amines) is 2. The molecule has 1 unspecified atom stereocenters. The normalized spacial score (nSPS) is 20.9. The molecule has 1 aromatic rings. The Kier molecular flexibility index (Phi) is 9.45. The Hall–Kier alpha value is -1.09. The summed E-state index contributed by atoms with van der Waals surface area (Å²) in [6.45, 7) is 10.3. The predicted octanol–water partition coefficient (Wildman–Crippen LogP) is 2.46. The molecule has 1 N–H and O–H groups in total. The number of aromatic nitrogens is 1. The topological polar surface area (TPSA) is 53.0 Å². The molecule has 2 saturated heterocycles. The molecule has 7 heteroatoms. The van der Waals surface area contributed by atoms with E-state index in [0.717, 1.165) is 37.3 Å². The van der Waals surface area contributed by atoms with Gasteiger partial charge >= 0.3 is 0 Å². The van der Waals surface area contributed by atoms with Gasteiger partial charge in [0.25, 0.3) is 0 Å². The van der Waals surface area contributed by atoms with Gasteiger partial charge in [0, 0.05) is 32.4 Å². The van der Waals surface area contributed by atoms with Crippen LogP contribution < -0.4 is 10.1 Å². The first kappa shape index (κ1) is 21.2. The lowest BCUT2D eigenvalue weighted by atomic mass is 10.1. The fourth-order valence-electron chi connectivity index (χ4n) is 3.68. The van der Waals surface area contributed by atoms with Gasteiger partial charge in [-0.2, -0.15) is 0 Å². The molecule has 0 saturated carbocycles. The van der Waals surface area contributed by atoms with Crippen LogP contribution in [0.5, 0.6) is 5.75 Å². The summed E-state index contributed by atoms with van der Waals surface area (Å²) in [7, 11) is 0. The van der Waals surface area contributed by atoms with Crippen LogP contribution in [0, 0.1) is 5.92 Å². The highest BCUT2D eigenvalue weighted by Crippen LogP contribution is 2.20. The van der Waals surface area contributed by atoms with Crippen LogP contribution in [-0.2, 0) is 0 Å². The molecular weight excluding hydrogens is 441 g/mol. The molecule has 3 heterocycles. The second-order valence-electron chi connectivity index (χ2n) is 6.88. The first-order valence-corrected chi connectivity index (χ1v) is 9.63. The summed E-state index contributed by atoms with van der Waals surface area (Å²) in [4.78, 5) is 13.8. The van der Waals surface area contributed by atoms with Crippen LogP contribution in [0.1, 0.15) is 26.2 Å². The molecule has 1 aromatic heterocycles. The van der Waals surface area contributed by atoms with E-state index in [9.17, 15) is 0 Å². The highest BCUT2D eigenvalue weighted by atomic mass is 127. The van der Waals surface area contributed by atoms with Crippen molar-refractivity contribution in [3.63, 3.8) is 0 Å². The van der Waals surface area contributed by atoms with Gasteiger partial charge in [-0.3, -0.25) is 4.98 Å². The van der Waals surface area contributed by atoms with E-state index in [2.05, 4.69) is 27.0 Å². The van der Waals surface area contributed by atoms with Crippen LogP contribution in [-0.4, -0.2) is 73.2 Å². The van der Waals surface area contributed by atoms with Crippen LogP contribution in [0.15, 0.2) is 29.5 Å². The van der Waals surface area contributed by atoms with Gasteiger partial charge in [-0.15, -0.1) is 24.0 Å². The molecule has 6 nitrogen and oxygen atoms in total.